The van der Waals surface area contributed by atoms with E-state index in [9.17, 15) is 9.59 Å². The summed E-state index contributed by atoms with van der Waals surface area (Å²) in [6.07, 6.45) is 3.21. The molecule has 130 valence electrons. The molecule has 1 aliphatic heterocycles. The Morgan fingerprint density at radius 1 is 1.20 bits per heavy atom. The normalized spacial score (nSPS) is 14.1. The predicted octanol–water partition coefficient (Wildman–Crippen LogP) is 2.63. The molecule has 0 unspecified atom stereocenters. The Hall–Kier alpha value is -3.22. The van der Waals surface area contributed by atoms with Crippen LogP contribution in [-0.4, -0.2) is 31.2 Å². The third kappa shape index (κ3) is 4.41. The lowest BCUT2D eigenvalue weighted by atomic mass is 10.2. The maximum absolute atomic E-state index is 12.1. The van der Waals surface area contributed by atoms with Gasteiger partial charge in [0.15, 0.2) is 17.6 Å². The first-order chi connectivity index (χ1) is 12.1. The number of anilines is 1. The van der Waals surface area contributed by atoms with Crippen molar-refractivity contribution < 1.29 is 28.2 Å². The summed E-state index contributed by atoms with van der Waals surface area (Å²) in [5.41, 5.74) is 0.531. The van der Waals surface area contributed by atoms with Crippen LogP contribution in [0.4, 0.5) is 5.69 Å². The molecule has 2 aromatic rings. The van der Waals surface area contributed by atoms with Crippen LogP contribution in [0, 0.1) is 0 Å². The van der Waals surface area contributed by atoms with E-state index in [1.54, 1.807) is 30.3 Å². The summed E-state index contributed by atoms with van der Waals surface area (Å²) in [5, 5.41) is 2.67. The van der Waals surface area contributed by atoms with Gasteiger partial charge in [0.2, 0.25) is 0 Å². The first kappa shape index (κ1) is 16.6. The van der Waals surface area contributed by atoms with Gasteiger partial charge in [-0.3, -0.25) is 4.79 Å². The van der Waals surface area contributed by atoms with Gasteiger partial charge >= 0.3 is 5.97 Å². The summed E-state index contributed by atoms with van der Waals surface area (Å²) >= 11 is 0. The van der Waals surface area contributed by atoms with Crippen LogP contribution in [0.2, 0.25) is 0 Å². The first-order valence-corrected chi connectivity index (χ1v) is 7.74. The minimum absolute atomic E-state index is 0.448. The van der Waals surface area contributed by atoms with Crippen molar-refractivity contribution in [1.29, 1.82) is 0 Å². The minimum Gasteiger partial charge on any atom is -0.486 e. The molecule has 1 aromatic heterocycles. The van der Waals surface area contributed by atoms with E-state index in [1.807, 2.05) is 0 Å². The number of hydrogen-bond donors (Lipinski definition) is 1. The summed E-state index contributed by atoms with van der Waals surface area (Å²) in [7, 11) is 0. The van der Waals surface area contributed by atoms with Crippen molar-refractivity contribution in [2.24, 2.45) is 0 Å². The second kappa shape index (κ2) is 7.57. The van der Waals surface area contributed by atoms with Crippen LogP contribution >= 0.6 is 0 Å². The molecule has 1 atom stereocenters. The molecular formula is C18H17NO6. The van der Waals surface area contributed by atoms with Crippen molar-refractivity contribution in [3.8, 4) is 11.5 Å². The van der Waals surface area contributed by atoms with Crippen LogP contribution in [0.15, 0.2) is 47.1 Å². The molecule has 0 radical (unpaired) electrons. The number of esters is 1. The average Bonchev–Trinajstić information content (AvgIpc) is 3.13. The Bertz CT molecular complexity index is 781. The van der Waals surface area contributed by atoms with Crippen molar-refractivity contribution in [3.63, 3.8) is 0 Å². The number of benzene rings is 1. The third-order valence-corrected chi connectivity index (χ3v) is 3.40. The van der Waals surface area contributed by atoms with E-state index < -0.39 is 18.0 Å². The molecule has 1 amide bonds. The number of carbonyl (C=O) groups is 2. The van der Waals surface area contributed by atoms with E-state index in [4.69, 9.17) is 18.6 Å². The van der Waals surface area contributed by atoms with E-state index in [2.05, 4.69) is 5.32 Å². The van der Waals surface area contributed by atoms with Crippen LogP contribution in [0.1, 0.15) is 12.7 Å². The van der Waals surface area contributed by atoms with Crippen molar-refractivity contribution >= 4 is 23.6 Å². The predicted molar refractivity (Wildman–Crippen MR) is 89.4 cm³/mol. The summed E-state index contributed by atoms with van der Waals surface area (Å²) in [5.74, 6) is 0.629. The van der Waals surface area contributed by atoms with E-state index in [1.165, 1.54) is 25.3 Å². The highest BCUT2D eigenvalue weighted by Gasteiger charge is 2.18. The second-order valence-corrected chi connectivity index (χ2v) is 5.28. The topological polar surface area (TPSA) is 87.0 Å². The lowest BCUT2D eigenvalue weighted by Crippen LogP contribution is -2.29. The average molecular weight is 343 g/mol. The van der Waals surface area contributed by atoms with Crippen molar-refractivity contribution in [2.45, 2.75) is 13.0 Å². The van der Waals surface area contributed by atoms with Crippen LogP contribution < -0.4 is 14.8 Å². The summed E-state index contributed by atoms with van der Waals surface area (Å²) < 4.78 is 21.0. The van der Waals surface area contributed by atoms with Gasteiger partial charge < -0.3 is 23.9 Å². The maximum atomic E-state index is 12.1. The maximum Gasteiger partial charge on any atom is 0.331 e. The number of fused-ring (bicyclic) bond motifs is 1. The number of nitrogens with one attached hydrogen (secondary N) is 1. The number of ether oxygens (including phenoxy) is 3. The molecule has 0 aliphatic carbocycles. The fraction of sp³-hybridized carbons (Fsp3) is 0.222. The van der Waals surface area contributed by atoms with E-state index in [0.29, 0.717) is 36.2 Å². The molecule has 2 heterocycles. The number of hydrogen-bond acceptors (Lipinski definition) is 6. The summed E-state index contributed by atoms with van der Waals surface area (Å²) in [6.45, 7) is 2.45. The smallest absolute Gasteiger partial charge is 0.331 e. The van der Waals surface area contributed by atoms with Crippen LogP contribution in [-0.2, 0) is 14.3 Å². The van der Waals surface area contributed by atoms with Gasteiger partial charge in [0.1, 0.15) is 19.0 Å². The fourth-order valence-electron chi connectivity index (χ4n) is 2.17. The highest BCUT2D eigenvalue weighted by molar-refractivity contribution is 5.96. The minimum atomic E-state index is -0.957. The molecule has 0 spiro atoms. The molecular weight excluding hydrogens is 326 g/mol. The van der Waals surface area contributed by atoms with Crippen molar-refractivity contribution in [2.75, 3.05) is 18.5 Å². The Labute approximate surface area is 144 Å². The quantitative estimate of drug-likeness (QED) is 0.663. The Kier molecular flexibility index (Phi) is 5.03. The van der Waals surface area contributed by atoms with Gasteiger partial charge in [0.05, 0.1) is 6.26 Å². The van der Waals surface area contributed by atoms with E-state index in [-0.39, 0.29) is 0 Å². The third-order valence-electron chi connectivity index (χ3n) is 3.40. The standard InChI is InChI=1S/C18H17NO6/c1-12(25-17(20)7-5-14-3-2-8-22-14)18(21)19-13-4-6-15-16(11-13)24-10-9-23-15/h2-8,11-12H,9-10H2,1H3,(H,19,21)/b7-5+/t12-/m0/s1. The zero-order valence-corrected chi connectivity index (χ0v) is 13.6. The van der Waals surface area contributed by atoms with E-state index in [0.717, 1.165) is 0 Å². The largest absolute Gasteiger partial charge is 0.486 e. The molecule has 1 aromatic carbocycles. The van der Waals surface area contributed by atoms with Gasteiger partial charge in [-0.15, -0.1) is 0 Å². The molecule has 25 heavy (non-hydrogen) atoms. The zero-order valence-electron chi connectivity index (χ0n) is 13.6. The Balaban J connectivity index is 1.54. The summed E-state index contributed by atoms with van der Waals surface area (Å²) in [4.78, 5) is 23.9. The van der Waals surface area contributed by atoms with Crippen LogP contribution in [0.5, 0.6) is 11.5 Å². The molecule has 0 fully saturated rings. The van der Waals surface area contributed by atoms with Crippen LogP contribution in [0.3, 0.4) is 0 Å². The Morgan fingerprint density at radius 2 is 2.00 bits per heavy atom. The van der Waals surface area contributed by atoms with Gasteiger partial charge in [-0.25, -0.2) is 4.79 Å². The first-order valence-electron chi connectivity index (χ1n) is 7.74. The van der Waals surface area contributed by atoms with Gasteiger partial charge in [-0.05, 0) is 37.3 Å². The van der Waals surface area contributed by atoms with Crippen molar-refractivity contribution in [3.05, 3.63) is 48.4 Å². The lowest BCUT2D eigenvalue weighted by Gasteiger charge is -2.19. The van der Waals surface area contributed by atoms with Gasteiger partial charge in [-0.1, -0.05) is 0 Å². The Morgan fingerprint density at radius 3 is 2.76 bits per heavy atom. The molecule has 3 rings (SSSR count). The fourth-order valence-corrected chi connectivity index (χ4v) is 2.17. The molecule has 0 saturated carbocycles. The summed E-state index contributed by atoms with van der Waals surface area (Å²) in [6, 6.07) is 8.47. The van der Waals surface area contributed by atoms with Crippen molar-refractivity contribution in [1.82, 2.24) is 0 Å². The number of amides is 1. The number of carbonyl (C=O) groups excluding carboxylic acids is 2. The number of furan rings is 1. The SMILES string of the molecule is C[C@H](OC(=O)/C=C/c1ccco1)C(=O)Nc1ccc2c(c1)OCCO2. The highest BCUT2D eigenvalue weighted by atomic mass is 16.6. The lowest BCUT2D eigenvalue weighted by molar-refractivity contribution is -0.148. The molecule has 0 saturated heterocycles. The highest BCUT2D eigenvalue weighted by Crippen LogP contribution is 2.32. The van der Waals surface area contributed by atoms with Crippen LogP contribution in [0.25, 0.3) is 6.08 Å². The van der Waals surface area contributed by atoms with Gasteiger partial charge in [0, 0.05) is 17.8 Å². The molecule has 7 nitrogen and oxygen atoms in total. The molecule has 1 aliphatic rings. The number of rotatable bonds is 5. The second-order valence-electron chi connectivity index (χ2n) is 5.28. The van der Waals surface area contributed by atoms with Gasteiger partial charge in [0.25, 0.3) is 5.91 Å². The molecule has 0 bridgehead atoms. The zero-order chi connectivity index (χ0) is 17.6. The molecule has 7 heteroatoms. The van der Waals surface area contributed by atoms with Gasteiger partial charge in [-0.2, -0.15) is 0 Å². The van der Waals surface area contributed by atoms with E-state index >= 15 is 0 Å². The monoisotopic (exact) mass is 343 g/mol. The molecule has 1 N–H and O–H groups in total.